The molecule has 2 aliphatic heterocycles. The minimum atomic E-state index is -0.484. The third-order valence-corrected chi connectivity index (χ3v) is 4.79. The van der Waals surface area contributed by atoms with Gasteiger partial charge >= 0.3 is 5.97 Å². The molecule has 2 aliphatic rings. The van der Waals surface area contributed by atoms with E-state index < -0.39 is 5.97 Å². The van der Waals surface area contributed by atoms with E-state index in [0.717, 1.165) is 5.70 Å². The lowest BCUT2D eigenvalue weighted by Gasteiger charge is -2.48. The van der Waals surface area contributed by atoms with Crippen LogP contribution in [0.25, 0.3) is 0 Å². The molecule has 7 nitrogen and oxygen atoms in total. The van der Waals surface area contributed by atoms with Crippen LogP contribution in [0, 0.1) is 11.8 Å². The highest BCUT2D eigenvalue weighted by Crippen LogP contribution is 2.35. The average molecular weight is 349 g/mol. The summed E-state index contributed by atoms with van der Waals surface area (Å²) in [5.41, 5.74) is 4.06. The van der Waals surface area contributed by atoms with Crippen LogP contribution in [-0.4, -0.2) is 59.9 Å². The van der Waals surface area contributed by atoms with Crippen molar-refractivity contribution in [2.24, 2.45) is 11.8 Å². The summed E-state index contributed by atoms with van der Waals surface area (Å²) in [6, 6.07) is -0.652. The maximum Gasteiger partial charge on any atom is 0.325 e. The molecule has 0 saturated carbocycles. The summed E-state index contributed by atoms with van der Waals surface area (Å²) in [7, 11) is 1.85. The van der Waals surface area contributed by atoms with E-state index in [1.807, 2.05) is 33.9 Å². The van der Waals surface area contributed by atoms with E-state index in [1.165, 1.54) is 11.0 Å². The van der Waals surface area contributed by atoms with Crippen LogP contribution in [0.4, 0.5) is 0 Å². The van der Waals surface area contributed by atoms with Gasteiger partial charge < -0.3 is 14.6 Å². The number of ether oxygens (including phenoxy) is 1. The zero-order chi connectivity index (χ0) is 18.7. The van der Waals surface area contributed by atoms with Crippen LogP contribution in [0.1, 0.15) is 27.2 Å². The van der Waals surface area contributed by atoms with Gasteiger partial charge in [-0.3, -0.25) is 14.4 Å². The maximum atomic E-state index is 12.6. The number of likely N-dealkylation sites (tertiary alicyclic amines) is 1. The number of nitrogens with zero attached hydrogens (tertiary/aromatic N) is 2. The maximum absolute atomic E-state index is 12.6. The highest BCUT2D eigenvalue weighted by molar-refractivity contribution is 5.93. The van der Waals surface area contributed by atoms with Crippen LogP contribution in [0.5, 0.6) is 0 Å². The fourth-order valence-corrected chi connectivity index (χ4v) is 3.33. The Balaban J connectivity index is 2.03. The molecule has 1 unspecified atom stereocenters. The first-order chi connectivity index (χ1) is 11.8. The molecule has 0 spiro atoms. The van der Waals surface area contributed by atoms with E-state index in [-0.39, 0.29) is 55.2 Å². The minimum Gasteiger partial charge on any atom is -0.460 e. The van der Waals surface area contributed by atoms with E-state index in [9.17, 15) is 14.4 Å². The van der Waals surface area contributed by atoms with E-state index in [0.29, 0.717) is 0 Å². The predicted octanol–water partition coefficient (Wildman–Crippen LogP) is 0.880. The number of hydrogen-bond acceptors (Lipinski definition) is 6. The molecule has 138 valence electrons. The second-order valence-electron chi connectivity index (χ2n) is 6.92. The number of β-lactam (4-membered cyclic amide) rings is 1. The summed E-state index contributed by atoms with van der Waals surface area (Å²) in [5, 5.41) is 1.80. The van der Waals surface area contributed by atoms with Crippen LogP contribution < -0.4 is 5.43 Å². The van der Waals surface area contributed by atoms with Gasteiger partial charge in [-0.15, -0.1) is 0 Å². The molecule has 2 heterocycles. The van der Waals surface area contributed by atoms with Crippen LogP contribution in [0.15, 0.2) is 24.4 Å². The number of hydrogen-bond donors (Lipinski definition) is 1. The van der Waals surface area contributed by atoms with Gasteiger partial charge in [0.2, 0.25) is 5.91 Å². The molecule has 0 aromatic carbocycles. The third kappa shape index (κ3) is 4.10. The van der Waals surface area contributed by atoms with Crippen LogP contribution in [0.3, 0.4) is 0 Å². The second-order valence-corrected chi connectivity index (χ2v) is 6.92. The summed E-state index contributed by atoms with van der Waals surface area (Å²) in [6.45, 7) is 9.31. The Morgan fingerprint density at radius 1 is 1.44 bits per heavy atom. The fraction of sp³-hybridized carbons (Fsp3) is 0.611. The molecule has 3 atom stereocenters. The summed E-state index contributed by atoms with van der Waals surface area (Å²) < 4.78 is 4.96. The van der Waals surface area contributed by atoms with Gasteiger partial charge in [0.25, 0.3) is 0 Å². The average Bonchev–Trinajstić information content (AvgIpc) is 2.89. The highest BCUT2D eigenvalue weighted by Gasteiger charge is 2.50. The fourth-order valence-electron chi connectivity index (χ4n) is 3.33. The monoisotopic (exact) mass is 349 g/mol. The SMILES string of the molecule is C=CCOC(=O)CN1C(=O)[C@H](C(C)C)[C@H]1CC(=O)C1C=C(C)N(C)N1. The van der Waals surface area contributed by atoms with E-state index in [4.69, 9.17) is 4.74 Å². The van der Waals surface area contributed by atoms with Crippen LogP contribution in [0.2, 0.25) is 0 Å². The third-order valence-electron chi connectivity index (χ3n) is 4.79. The topological polar surface area (TPSA) is 79.0 Å². The molecule has 25 heavy (non-hydrogen) atoms. The largest absolute Gasteiger partial charge is 0.460 e. The number of rotatable bonds is 8. The molecule has 0 radical (unpaired) electrons. The van der Waals surface area contributed by atoms with Crippen molar-refractivity contribution in [1.82, 2.24) is 15.3 Å². The first-order valence-corrected chi connectivity index (χ1v) is 8.54. The highest BCUT2D eigenvalue weighted by atomic mass is 16.5. The summed E-state index contributed by atoms with van der Waals surface area (Å²) in [4.78, 5) is 38.3. The van der Waals surface area contributed by atoms with Gasteiger partial charge in [-0.1, -0.05) is 26.5 Å². The van der Waals surface area contributed by atoms with E-state index >= 15 is 0 Å². The lowest BCUT2D eigenvalue weighted by molar-refractivity contribution is -0.168. The van der Waals surface area contributed by atoms with Crippen molar-refractivity contribution in [3.63, 3.8) is 0 Å². The van der Waals surface area contributed by atoms with Crippen LogP contribution >= 0.6 is 0 Å². The molecule has 1 saturated heterocycles. The Kier molecular flexibility index (Phi) is 6.00. The number of carbonyl (C=O) groups is 3. The van der Waals surface area contributed by atoms with E-state index in [1.54, 1.807) is 5.01 Å². The standard InChI is InChI=1S/C18H27N3O4/c1-6-7-25-16(23)10-21-14(17(11(2)3)18(21)24)9-15(22)13-8-12(4)20(5)19-13/h6,8,11,13-14,17,19H,1,7,9-10H2,2-5H3/t13?,14-,17-/m1/s1. The smallest absolute Gasteiger partial charge is 0.325 e. The number of ketones is 1. The zero-order valence-electron chi connectivity index (χ0n) is 15.3. The van der Waals surface area contributed by atoms with E-state index in [2.05, 4.69) is 12.0 Å². The van der Waals surface area contributed by atoms with Gasteiger partial charge in [-0.05, 0) is 18.9 Å². The Morgan fingerprint density at radius 2 is 2.12 bits per heavy atom. The summed E-state index contributed by atoms with van der Waals surface area (Å²) in [5.74, 6) is -0.687. The molecule has 7 heteroatoms. The second kappa shape index (κ2) is 7.82. The molecule has 1 fully saturated rings. The van der Waals surface area contributed by atoms with Gasteiger partial charge in [-0.2, -0.15) is 0 Å². The van der Waals surface area contributed by atoms with Gasteiger partial charge in [-0.25, -0.2) is 5.43 Å². The molecule has 0 bridgehead atoms. The van der Waals surface area contributed by atoms with Gasteiger partial charge in [0.15, 0.2) is 5.78 Å². The lowest BCUT2D eigenvalue weighted by atomic mass is 9.76. The lowest BCUT2D eigenvalue weighted by Crippen LogP contribution is -2.64. The predicted molar refractivity (Wildman–Crippen MR) is 93.1 cm³/mol. The molecule has 1 amide bonds. The number of amides is 1. The number of esters is 1. The zero-order valence-corrected chi connectivity index (χ0v) is 15.3. The Morgan fingerprint density at radius 3 is 2.64 bits per heavy atom. The number of Topliss-reactive ketones (excluding diaryl/α,β-unsaturated/α-hetero) is 1. The molecular weight excluding hydrogens is 322 g/mol. The Hall–Kier alpha value is -2.15. The van der Waals surface area contributed by atoms with Crippen molar-refractivity contribution < 1.29 is 19.1 Å². The number of carbonyl (C=O) groups excluding carboxylic acids is 3. The minimum absolute atomic E-state index is 0.0105. The Bertz CT molecular complexity index is 599. The van der Waals surface area contributed by atoms with Gasteiger partial charge in [0, 0.05) is 19.2 Å². The summed E-state index contributed by atoms with van der Waals surface area (Å²) >= 11 is 0. The van der Waals surface area contributed by atoms with Crippen molar-refractivity contribution >= 4 is 17.7 Å². The number of hydrazine groups is 1. The van der Waals surface area contributed by atoms with Gasteiger partial charge in [0.05, 0.1) is 12.0 Å². The number of allylic oxidation sites excluding steroid dienone is 1. The normalized spacial score (nSPS) is 25.7. The van der Waals surface area contributed by atoms with Crippen molar-refractivity contribution in [2.45, 2.75) is 39.3 Å². The van der Waals surface area contributed by atoms with Crippen LogP contribution in [-0.2, 0) is 19.1 Å². The number of nitrogens with one attached hydrogen (secondary N) is 1. The first-order valence-electron chi connectivity index (χ1n) is 8.54. The van der Waals surface area contributed by atoms with Crippen molar-refractivity contribution in [2.75, 3.05) is 20.2 Å². The van der Waals surface area contributed by atoms with Crippen molar-refractivity contribution in [3.8, 4) is 0 Å². The molecule has 1 N–H and O–H groups in total. The summed E-state index contributed by atoms with van der Waals surface area (Å²) in [6.07, 6.45) is 3.57. The molecule has 0 aromatic rings. The molecule has 2 rings (SSSR count). The molecular formula is C18H27N3O4. The first kappa shape index (κ1) is 19.2. The molecule has 0 aliphatic carbocycles. The van der Waals surface area contributed by atoms with Crippen molar-refractivity contribution in [1.29, 1.82) is 0 Å². The Labute approximate surface area is 148 Å². The van der Waals surface area contributed by atoms with Gasteiger partial charge in [0.1, 0.15) is 19.2 Å². The quantitative estimate of drug-likeness (QED) is 0.398. The molecule has 0 aromatic heterocycles. The van der Waals surface area contributed by atoms with Crippen molar-refractivity contribution in [3.05, 3.63) is 24.4 Å².